The average Bonchev–Trinajstić information content (AvgIpc) is 2.00. The van der Waals surface area contributed by atoms with E-state index in [1.165, 1.54) is 0 Å². The Bertz CT molecular complexity index is 175. The summed E-state index contributed by atoms with van der Waals surface area (Å²) in [5.74, 6) is -0.661. The zero-order valence-corrected chi connectivity index (χ0v) is 6.65. The minimum atomic E-state index is -0.342. The maximum atomic E-state index is 10.8. The summed E-state index contributed by atoms with van der Waals surface area (Å²) in [5.41, 5.74) is 7.93. The van der Waals surface area contributed by atoms with E-state index in [-0.39, 0.29) is 18.4 Å². The van der Waals surface area contributed by atoms with Crippen molar-refractivity contribution < 1.29 is 9.53 Å². The summed E-state index contributed by atoms with van der Waals surface area (Å²) in [6.45, 7) is 3.92. The summed E-state index contributed by atoms with van der Waals surface area (Å²) in [4.78, 5) is 13.4. The summed E-state index contributed by atoms with van der Waals surface area (Å²) < 4.78 is 4.68. The van der Waals surface area contributed by atoms with Gasteiger partial charge >= 0.3 is 5.97 Å². The van der Waals surface area contributed by atoms with Crippen molar-refractivity contribution in [1.29, 1.82) is 0 Å². The first-order chi connectivity index (χ1) is 5.22. The highest BCUT2D eigenvalue weighted by Crippen LogP contribution is 1.98. The molecule has 0 bridgehead atoms. The van der Waals surface area contributed by atoms with Gasteiger partial charge in [0.05, 0.1) is 12.5 Å². The Morgan fingerprint density at radius 2 is 2.45 bits per heavy atom. The van der Waals surface area contributed by atoms with Crippen LogP contribution in [-0.4, -0.2) is 19.1 Å². The molecule has 11 heavy (non-hydrogen) atoms. The van der Waals surface area contributed by atoms with E-state index in [1.54, 1.807) is 13.8 Å². The fourth-order valence-corrected chi connectivity index (χ4v) is 0.518. The van der Waals surface area contributed by atoms with Crippen LogP contribution in [0.2, 0.25) is 0 Å². The van der Waals surface area contributed by atoms with Crippen LogP contribution in [0.3, 0.4) is 0 Å². The third kappa shape index (κ3) is 4.22. The Balaban J connectivity index is 3.72. The molecule has 1 atom stereocenters. The van der Waals surface area contributed by atoms with E-state index in [2.05, 4.69) is 14.8 Å². The van der Waals surface area contributed by atoms with Crippen LogP contribution in [0.5, 0.6) is 0 Å². The van der Waals surface area contributed by atoms with E-state index in [1.807, 2.05) is 0 Å². The molecule has 62 valence electrons. The van der Waals surface area contributed by atoms with Crippen LogP contribution in [-0.2, 0) is 9.53 Å². The zero-order valence-electron chi connectivity index (χ0n) is 6.65. The van der Waals surface area contributed by atoms with Crippen molar-refractivity contribution in [1.82, 2.24) is 0 Å². The molecule has 0 N–H and O–H groups in total. The van der Waals surface area contributed by atoms with Crippen molar-refractivity contribution in [3.8, 4) is 0 Å². The molecule has 0 heterocycles. The summed E-state index contributed by atoms with van der Waals surface area (Å²) >= 11 is 0. The maximum absolute atomic E-state index is 10.8. The Labute approximate surface area is 65.0 Å². The second kappa shape index (κ2) is 5.56. The lowest BCUT2D eigenvalue weighted by atomic mass is 10.2. The van der Waals surface area contributed by atoms with Crippen molar-refractivity contribution in [2.75, 3.05) is 13.2 Å². The lowest BCUT2D eigenvalue weighted by molar-refractivity contribution is -0.146. The fourth-order valence-electron chi connectivity index (χ4n) is 0.518. The van der Waals surface area contributed by atoms with Gasteiger partial charge in [-0.05, 0) is 12.5 Å². The molecule has 0 aromatic heterocycles. The molecule has 0 aromatic carbocycles. The molecule has 0 saturated carbocycles. The normalized spacial score (nSPS) is 11.5. The zero-order chi connectivity index (χ0) is 8.69. The molecule has 0 rings (SSSR count). The van der Waals surface area contributed by atoms with Gasteiger partial charge in [-0.25, -0.2) is 0 Å². The summed E-state index contributed by atoms with van der Waals surface area (Å²) in [7, 11) is 0. The van der Waals surface area contributed by atoms with Gasteiger partial charge in [0.2, 0.25) is 0 Å². The number of ether oxygens (including phenoxy) is 1. The quantitative estimate of drug-likeness (QED) is 0.268. The Morgan fingerprint density at radius 1 is 1.82 bits per heavy atom. The monoisotopic (exact) mass is 157 g/mol. The van der Waals surface area contributed by atoms with Gasteiger partial charge in [-0.3, -0.25) is 4.79 Å². The van der Waals surface area contributed by atoms with Crippen LogP contribution in [0, 0.1) is 5.92 Å². The lowest BCUT2D eigenvalue weighted by Crippen LogP contribution is -2.16. The molecule has 1 unspecified atom stereocenters. The van der Waals surface area contributed by atoms with E-state index in [4.69, 9.17) is 5.53 Å². The molecule has 0 aliphatic heterocycles. The van der Waals surface area contributed by atoms with Crippen molar-refractivity contribution in [2.45, 2.75) is 13.8 Å². The van der Waals surface area contributed by atoms with Gasteiger partial charge in [-0.15, -0.1) is 0 Å². The predicted octanol–water partition coefficient (Wildman–Crippen LogP) is 1.50. The van der Waals surface area contributed by atoms with Gasteiger partial charge in [-0.2, -0.15) is 0 Å². The predicted molar refractivity (Wildman–Crippen MR) is 39.8 cm³/mol. The number of nitrogens with zero attached hydrogens (tertiary/aromatic N) is 3. The summed E-state index contributed by atoms with van der Waals surface area (Å²) in [6.07, 6.45) is 0. The minimum Gasteiger partial charge on any atom is -0.466 e. The van der Waals surface area contributed by atoms with Crippen molar-refractivity contribution in [2.24, 2.45) is 11.0 Å². The molecule has 0 spiro atoms. The van der Waals surface area contributed by atoms with Gasteiger partial charge < -0.3 is 4.74 Å². The van der Waals surface area contributed by atoms with Crippen LogP contribution < -0.4 is 0 Å². The van der Waals surface area contributed by atoms with Crippen LogP contribution in [0.15, 0.2) is 5.11 Å². The molecule has 0 saturated heterocycles. The number of carbonyl (C=O) groups excluding carboxylic acids is 1. The van der Waals surface area contributed by atoms with Crippen LogP contribution in [0.4, 0.5) is 0 Å². The molecule has 0 aromatic rings. The van der Waals surface area contributed by atoms with Gasteiger partial charge in [0.15, 0.2) is 0 Å². The molecule has 0 amide bonds. The molecule has 5 heteroatoms. The first-order valence-corrected chi connectivity index (χ1v) is 3.39. The third-order valence-electron chi connectivity index (χ3n) is 1.11. The van der Waals surface area contributed by atoms with E-state index < -0.39 is 0 Å². The van der Waals surface area contributed by atoms with Crippen molar-refractivity contribution in [3.05, 3.63) is 10.4 Å². The highest BCUT2D eigenvalue weighted by Gasteiger charge is 2.11. The Kier molecular flexibility index (Phi) is 4.94. The maximum Gasteiger partial charge on any atom is 0.308 e. The lowest BCUT2D eigenvalue weighted by Gasteiger charge is -2.05. The van der Waals surface area contributed by atoms with Crippen molar-refractivity contribution in [3.63, 3.8) is 0 Å². The van der Waals surface area contributed by atoms with Gasteiger partial charge in [0.1, 0.15) is 0 Å². The van der Waals surface area contributed by atoms with E-state index >= 15 is 0 Å². The largest absolute Gasteiger partial charge is 0.466 e. The SMILES string of the molecule is CCOC(=O)C(C)CN=[N+]=[N-]. The van der Waals surface area contributed by atoms with Crippen LogP contribution in [0.25, 0.3) is 10.4 Å². The smallest absolute Gasteiger partial charge is 0.308 e. The number of hydrogen-bond donors (Lipinski definition) is 0. The van der Waals surface area contributed by atoms with Gasteiger partial charge in [-0.1, -0.05) is 12.0 Å². The highest BCUT2D eigenvalue weighted by molar-refractivity contribution is 5.72. The number of azide groups is 1. The standard InChI is InChI=1S/C6H11N3O2/c1-3-11-6(10)5(2)4-8-9-7/h5H,3-4H2,1-2H3. The third-order valence-corrected chi connectivity index (χ3v) is 1.11. The second-order valence-electron chi connectivity index (χ2n) is 2.07. The Hall–Kier alpha value is -1.22. The number of hydrogen-bond acceptors (Lipinski definition) is 3. The first-order valence-electron chi connectivity index (χ1n) is 3.39. The molecule has 0 radical (unpaired) electrons. The van der Waals surface area contributed by atoms with E-state index in [0.717, 1.165) is 0 Å². The Morgan fingerprint density at radius 3 is 2.91 bits per heavy atom. The van der Waals surface area contributed by atoms with E-state index in [0.29, 0.717) is 6.61 Å². The van der Waals surface area contributed by atoms with Gasteiger partial charge in [0.25, 0.3) is 0 Å². The molecule has 5 nitrogen and oxygen atoms in total. The van der Waals surface area contributed by atoms with Gasteiger partial charge in [0, 0.05) is 11.5 Å². The first kappa shape index (κ1) is 9.78. The number of rotatable bonds is 4. The fraction of sp³-hybridized carbons (Fsp3) is 0.833. The second-order valence-corrected chi connectivity index (χ2v) is 2.07. The molecule has 0 aliphatic rings. The minimum absolute atomic E-state index is 0.162. The topological polar surface area (TPSA) is 75.1 Å². The molecular weight excluding hydrogens is 146 g/mol. The van der Waals surface area contributed by atoms with Crippen molar-refractivity contribution >= 4 is 5.97 Å². The van der Waals surface area contributed by atoms with Crippen LogP contribution in [0.1, 0.15) is 13.8 Å². The summed E-state index contributed by atoms with van der Waals surface area (Å²) in [6, 6.07) is 0. The number of esters is 1. The van der Waals surface area contributed by atoms with Crippen LogP contribution >= 0.6 is 0 Å². The molecule has 0 fully saturated rings. The average molecular weight is 157 g/mol. The highest BCUT2D eigenvalue weighted by atomic mass is 16.5. The summed E-state index contributed by atoms with van der Waals surface area (Å²) in [5, 5.41) is 3.25. The molecule has 0 aliphatic carbocycles. The number of carbonyl (C=O) groups is 1. The molecular formula is C6H11N3O2. The van der Waals surface area contributed by atoms with E-state index in [9.17, 15) is 4.79 Å².